The van der Waals surface area contributed by atoms with Gasteiger partial charge in [-0.2, -0.15) is 0 Å². The Balaban J connectivity index is 2.49. The van der Waals surface area contributed by atoms with Crippen LogP contribution in [0.1, 0.15) is 20.8 Å². The van der Waals surface area contributed by atoms with Gasteiger partial charge in [-0.05, 0) is 20.8 Å². The fraction of sp³-hybridized carbons (Fsp3) is 0.636. The molecule has 0 aliphatic rings. The topological polar surface area (TPSA) is 67.2 Å². The first-order valence-corrected chi connectivity index (χ1v) is 5.32. The second-order valence-electron chi connectivity index (χ2n) is 4.86. The molecular formula is C11H19N3O2. The minimum atomic E-state index is -0.596. The molecule has 90 valence electrons. The van der Waals surface area contributed by atoms with Crippen molar-refractivity contribution in [2.75, 3.05) is 6.54 Å². The third-order valence-electron chi connectivity index (χ3n) is 2.07. The maximum Gasteiger partial charge on any atom is 0.253 e. The lowest BCUT2D eigenvalue weighted by Crippen LogP contribution is -2.42. The molecule has 0 amide bonds. The number of hydrogen-bond donors (Lipinski definition) is 2. The van der Waals surface area contributed by atoms with Crippen LogP contribution in [-0.4, -0.2) is 32.8 Å². The van der Waals surface area contributed by atoms with Gasteiger partial charge in [0.05, 0.1) is 19.0 Å². The van der Waals surface area contributed by atoms with Crippen LogP contribution >= 0.6 is 0 Å². The van der Waals surface area contributed by atoms with Gasteiger partial charge in [0.1, 0.15) is 0 Å². The summed E-state index contributed by atoms with van der Waals surface area (Å²) >= 11 is 0. The number of β-amino-alcohol motifs (C(OH)–C–C–N with tert-alkyl or cyclic N) is 1. The van der Waals surface area contributed by atoms with E-state index >= 15 is 0 Å². The van der Waals surface area contributed by atoms with E-state index in [1.807, 2.05) is 20.8 Å². The Bertz CT molecular complexity index is 381. The Morgan fingerprint density at radius 2 is 2.25 bits per heavy atom. The second kappa shape index (κ2) is 5.23. The molecule has 0 fully saturated rings. The summed E-state index contributed by atoms with van der Waals surface area (Å²) in [5, 5.41) is 12.9. The summed E-state index contributed by atoms with van der Waals surface area (Å²) in [7, 11) is 0. The highest BCUT2D eigenvalue weighted by molar-refractivity contribution is 4.83. The molecule has 0 spiro atoms. The van der Waals surface area contributed by atoms with Crippen LogP contribution in [0.15, 0.2) is 23.4 Å². The van der Waals surface area contributed by atoms with E-state index in [0.717, 1.165) is 0 Å². The fourth-order valence-corrected chi connectivity index (χ4v) is 1.23. The molecule has 1 unspecified atom stereocenters. The molecule has 0 aromatic carbocycles. The standard InChI is InChI=1S/C11H19N3O2/c1-11(2,3)13-6-9(15)7-14-8-12-5-4-10(14)16/h4-5,8-9,13,15H,6-7H2,1-3H3. The Morgan fingerprint density at radius 1 is 1.56 bits per heavy atom. The minimum absolute atomic E-state index is 0.0408. The van der Waals surface area contributed by atoms with Crippen LogP contribution in [0.2, 0.25) is 0 Å². The molecule has 1 aromatic rings. The zero-order valence-electron chi connectivity index (χ0n) is 9.97. The lowest BCUT2D eigenvalue weighted by Gasteiger charge is -2.23. The Morgan fingerprint density at radius 3 is 2.81 bits per heavy atom. The molecule has 1 heterocycles. The van der Waals surface area contributed by atoms with Gasteiger partial charge in [0, 0.05) is 24.3 Å². The van der Waals surface area contributed by atoms with Gasteiger partial charge in [0.25, 0.3) is 5.56 Å². The van der Waals surface area contributed by atoms with E-state index in [4.69, 9.17) is 0 Å². The first-order chi connectivity index (χ1) is 7.38. The summed E-state index contributed by atoms with van der Waals surface area (Å²) in [6.45, 7) is 6.78. The molecule has 0 bridgehead atoms. The van der Waals surface area contributed by atoms with Crippen LogP contribution in [0.5, 0.6) is 0 Å². The Labute approximate surface area is 95.1 Å². The van der Waals surface area contributed by atoms with Crippen LogP contribution in [0.4, 0.5) is 0 Å². The van der Waals surface area contributed by atoms with Crippen LogP contribution in [0.25, 0.3) is 0 Å². The van der Waals surface area contributed by atoms with E-state index in [9.17, 15) is 9.90 Å². The second-order valence-corrected chi connectivity index (χ2v) is 4.86. The third-order valence-corrected chi connectivity index (χ3v) is 2.07. The highest BCUT2D eigenvalue weighted by Crippen LogP contribution is 1.98. The molecule has 1 atom stereocenters. The SMILES string of the molecule is CC(C)(C)NCC(O)Cn1cnccc1=O. The molecular weight excluding hydrogens is 206 g/mol. The highest BCUT2D eigenvalue weighted by atomic mass is 16.3. The number of nitrogens with one attached hydrogen (secondary N) is 1. The quantitative estimate of drug-likeness (QED) is 0.756. The van der Waals surface area contributed by atoms with Gasteiger partial charge in [0.2, 0.25) is 0 Å². The van der Waals surface area contributed by atoms with E-state index in [1.54, 1.807) is 0 Å². The van der Waals surface area contributed by atoms with Crippen LogP contribution in [0.3, 0.4) is 0 Å². The van der Waals surface area contributed by atoms with Crippen molar-refractivity contribution in [3.8, 4) is 0 Å². The number of nitrogens with zero attached hydrogens (tertiary/aromatic N) is 2. The average Bonchev–Trinajstić information content (AvgIpc) is 2.18. The van der Waals surface area contributed by atoms with Crippen molar-refractivity contribution in [2.24, 2.45) is 0 Å². The van der Waals surface area contributed by atoms with E-state index < -0.39 is 6.10 Å². The monoisotopic (exact) mass is 225 g/mol. The van der Waals surface area contributed by atoms with Crippen molar-refractivity contribution in [2.45, 2.75) is 39.0 Å². The predicted molar refractivity (Wildman–Crippen MR) is 62.3 cm³/mol. The lowest BCUT2D eigenvalue weighted by molar-refractivity contribution is 0.140. The van der Waals surface area contributed by atoms with Gasteiger partial charge in [-0.3, -0.25) is 9.36 Å². The maximum absolute atomic E-state index is 11.3. The van der Waals surface area contributed by atoms with Gasteiger partial charge in [-0.1, -0.05) is 0 Å². The van der Waals surface area contributed by atoms with Crippen molar-refractivity contribution in [1.82, 2.24) is 14.9 Å². The van der Waals surface area contributed by atoms with Crippen molar-refractivity contribution in [3.63, 3.8) is 0 Å². The van der Waals surface area contributed by atoms with Crippen molar-refractivity contribution < 1.29 is 5.11 Å². The number of aliphatic hydroxyl groups excluding tert-OH is 1. The Hall–Kier alpha value is -1.20. The Kier molecular flexibility index (Phi) is 4.20. The van der Waals surface area contributed by atoms with E-state index in [0.29, 0.717) is 6.54 Å². The van der Waals surface area contributed by atoms with E-state index in [1.165, 1.54) is 23.2 Å². The summed E-state index contributed by atoms with van der Waals surface area (Å²) in [5.74, 6) is 0. The highest BCUT2D eigenvalue weighted by Gasteiger charge is 2.12. The molecule has 5 heteroatoms. The smallest absolute Gasteiger partial charge is 0.253 e. The molecule has 0 aliphatic heterocycles. The van der Waals surface area contributed by atoms with Crippen LogP contribution < -0.4 is 10.9 Å². The summed E-state index contributed by atoms with van der Waals surface area (Å²) in [5.41, 5.74) is -0.189. The average molecular weight is 225 g/mol. The zero-order valence-corrected chi connectivity index (χ0v) is 9.97. The molecule has 1 rings (SSSR count). The van der Waals surface area contributed by atoms with E-state index in [-0.39, 0.29) is 17.6 Å². The summed E-state index contributed by atoms with van der Waals surface area (Å²) in [6, 6.07) is 1.38. The number of aromatic nitrogens is 2. The summed E-state index contributed by atoms with van der Waals surface area (Å²) in [6.07, 6.45) is 2.28. The summed E-state index contributed by atoms with van der Waals surface area (Å²) in [4.78, 5) is 15.2. The molecule has 2 N–H and O–H groups in total. The minimum Gasteiger partial charge on any atom is -0.390 e. The maximum atomic E-state index is 11.3. The molecule has 16 heavy (non-hydrogen) atoms. The van der Waals surface area contributed by atoms with Crippen molar-refractivity contribution in [3.05, 3.63) is 28.9 Å². The molecule has 5 nitrogen and oxygen atoms in total. The van der Waals surface area contributed by atoms with Gasteiger partial charge in [0.15, 0.2) is 0 Å². The van der Waals surface area contributed by atoms with Crippen molar-refractivity contribution in [1.29, 1.82) is 0 Å². The predicted octanol–water partition coefficient (Wildman–Crippen LogP) is -0.00770. The normalized spacial score (nSPS) is 13.8. The van der Waals surface area contributed by atoms with Gasteiger partial charge >= 0.3 is 0 Å². The molecule has 0 radical (unpaired) electrons. The van der Waals surface area contributed by atoms with Crippen LogP contribution in [-0.2, 0) is 6.54 Å². The van der Waals surface area contributed by atoms with Crippen molar-refractivity contribution >= 4 is 0 Å². The van der Waals surface area contributed by atoms with E-state index in [2.05, 4.69) is 10.3 Å². The first kappa shape index (κ1) is 12.9. The summed E-state index contributed by atoms with van der Waals surface area (Å²) < 4.78 is 1.40. The number of rotatable bonds is 4. The molecule has 0 saturated carbocycles. The molecule has 0 saturated heterocycles. The van der Waals surface area contributed by atoms with Gasteiger partial charge < -0.3 is 10.4 Å². The van der Waals surface area contributed by atoms with Crippen LogP contribution in [0, 0.1) is 0 Å². The van der Waals surface area contributed by atoms with Gasteiger partial charge in [-0.15, -0.1) is 0 Å². The number of hydrogen-bond acceptors (Lipinski definition) is 4. The number of aliphatic hydroxyl groups is 1. The van der Waals surface area contributed by atoms with Gasteiger partial charge in [-0.25, -0.2) is 4.98 Å². The molecule has 1 aromatic heterocycles. The lowest BCUT2D eigenvalue weighted by atomic mass is 10.1. The third kappa shape index (κ3) is 4.55. The zero-order chi connectivity index (χ0) is 12.2. The fourth-order valence-electron chi connectivity index (χ4n) is 1.23. The largest absolute Gasteiger partial charge is 0.390 e. The first-order valence-electron chi connectivity index (χ1n) is 5.32. The molecule has 0 aliphatic carbocycles.